The number of hydrogen-bond donors (Lipinski definition) is 1. The van der Waals surface area contributed by atoms with E-state index in [4.69, 9.17) is 4.74 Å². The first-order valence-corrected chi connectivity index (χ1v) is 13.5. The second-order valence-electron chi connectivity index (χ2n) is 8.32. The molecule has 0 spiro atoms. The third kappa shape index (κ3) is 6.95. The zero-order valence-electron chi connectivity index (χ0n) is 19.0. The van der Waals surface area contributed by atoms with Gasteiger partial charge in [0.05, 0.1) is 18.3 Å². The van der Waals surface area contributed by atoms with Gasteiger partial charge in [0.15, 0.2) is 0 Å². The maximum atomic E-state index is 13.2. The zero-order chi connectivity index (χ0) is 23.1. The third-order valence-corrected chi connectivity index (χ3v) is 7.74. The Bertz CT molecular complexity index is 985. The van der Waals surface area contributed by atoms with Crippen LogP contribution in [0, 0.1) is 0 Å². The molecule has 0 bridgehead atoms. The number of hydrogen-bond acceptors (Lipinski definition) is 6. The van der Waals surface area contributed by atoms with E-state index in [2.05, 4.69) is 4.72 Å². The Labute approximate surface area is 195 Å². The summed E-state index contributed by atoms with van der Waals surface area (Å²) in [5, 5.41) is 1.98. The van der Waals surface area contributed by atoms with Gasteiger partial charge in [0.25, 0.3) is 0 Å². The lowest BCUT2D eigenvalue weighted by molar-refractivity contribution is -0.132. The summed E-state index contributed by atoms with van der Waals surface area (Å²) in [5.74, 6) is 0.118. The highest BCUT2D eigenvalue weighted by Crippen LogP contribution is 2.26. The first-order chi connectivity index (χ1) is 15.3. The highest BCUT2D eigenvalue weighted by Gasteiger charge is 2.24. The van der Waals surface area contributed by atoms with Gasteiger partial charge < -0.3 is 14.5 Å². The molecule has 2 heterocycles. The molecule has 32 heavy (non-hydrogen) atoms. The van der Waals surface area contributed by atoms with Crippen molar-refractivity contribution in [1.82, 2.24) is 4.90 Å². The van der Waals surface area contributed by atoms with Crippen molar-refractivity contribution in [2.45, 2.75) is 45.3 Å². The molecule has 7 nitrogen and oxygen atoms in total. The Balaban J connectivity index is 1.86. The second kappa shape index (κ2) is 11.2. The summed E-state index contributed by atoms with van der Waals surface area (Å²) in [6.07, 6.45) is 2.89. The molecule has 2 aromatic rings. The summed E-state index contributed by atoms with van der Waals surface area (Å²) in [4.78, 5) is 18.1. The molecule has 1 N–H and O–H groups in total. The zero-order valence-corrected chi connectivity index (χ0v) is 20.7. The number of nitrogens with zero attached hydrogens (tertiary/aromatic N) is 2. The van der Waals surface area contributed by atoms with Crippen molar-refractivity contribution in [3.63, 3.8) is 0 Å². The summed E-state index contributed by atoms with van der Waals surface area (Å²) in [6, 6.07) is 9.43. The van der Waals surface area contributed by atoms with Gasteiger partial charge in [-0.15, -0.1) is 11.3 Å². The van der Waals surface area contributed by atoms with Gasteiger partial charge in [0, 0.05) is 50.0 Å². The molecule has 1 amide bonds. The Kier molecular flexibility index (Phi) is 8.56. The SMILES string of the molecule is CCCS(=O)(=O)Nc1ccc(N(C)C)c(CN(CC2CCCO2)C(=O)Cc2cccs2)c1. The third-order valence-electron chi connectivity index (χ3n) is 5.37. The van der Waals surface area contributed by atoms with Gasteiger partial charge in [-0.2, -0.15) is 0 Å². The van der Waals surface area contributed by atoms with E-state index in [9.17, 15) is 13.2 Å². The van der Waals surface area contributed by atoms with E-state index in [-0.39, 0.29) is 17.8 Å². The maximum Gasteiger partial charge on any atom is 0.232 e. The molecule has 0 aliphatic carbocycles. The minimum atomic E-state index is -3.40. The van der Waals surface area contributed by atoms with Crippen LogP contribution in [0.3, 0.4) is 0 Å². The first kappa shape index (κ1) is 24.5. The number of anilines is 2. The fourth-order valence-corrected chi connectivity index (χ4v) is 5.70. The number of amides is 1. The van der Waals surface area contributed by atoms with Gasteiger partial charge >= 0.3 is 0 Å². The average Bonchev–Trinajstić information content (AvgIpc) is 3.41. The van der Waals surface area contributed by atoms with E-state index in [0.717, 1.165) is 35.6 Å². The van der Waals surface area contributed by atoms with E-state index >= 15 is 0 Å². The number of thiophene rings is 1. The van der Waals surface area contributed by atoms with Gasteiger partial charge in [-0.25, -0.2) is 8.42 Å². The quantitative estimate of drug-likeness (QED) is 0.531. The number of carbonyl (C=O) groups is 1. The van der Waals surface area contributed by atoms with E-state index in [0.29, 0.717) is 31.6 Å². The highest BCUT2D eigenvalue weighted by molar-refractivity contribution is 7.92. The fraction of sp³-hybridized carbons (Fsp3) is 0.522. The minimum Gasteiger partial charge on any atom is -0.377 e. The van der Waals surface area contributed by atoms with Gasteiger partial charge in [-0.3, -0.25) is 9.52 Å². The first-order valence-electron chi connectivity index (χ1n) is 11.0. The van der Waals surface area contributed by atoms with Crippen molar-refractivity contribution in [2.75, 3.05) is 42.6 Å². The number of sulfonamides is 1. The van der Waals surface area contributed by atoms with E-state index < -0.39 is 10.0 Å². The summed E-state index contributed by atoms with van der Waals surface area (Å²) >= 11 is 1.58. The molecule has 3 rings (SSSR count). The molecule has 1 fully saturated rings. The van der Waals surface area contributed by atoms with Crippen molar-refractivity contribution >= 4 is 38.6 Å². The molecule has 176 valence electrons. The van der Waals surface area contributed by atoms with Crippen molar-refractivity contribution in [3.05, 3.63) is 46.2 Å². The van der Waals surface area contributed by atoms with Crippen molar-refractivity contribution in [1.29, 1.82) is 0 Å². The average molecular weight is 480 g/mol. The Morgan fingerprint density at radius 2 is 2.09 bits per heavy atom. The largest absolute Gasteiger partial charge is 0.377 e. The molecule has 1 aromatic carbocycles. The molecule has 1 atom stereocenters. The number of nitrogens with one attached hydrogen (secondary N) is 1. The van der Waals surface area contributed by atoms with E-state index in [1.807, 2.05) is 60.5 Å². The van der Waals surface area contributed by atoms with Crippen LogP contribution in [0.25, 0.3) is 0 Å². The van der Waals surface area contributed by atoms with Gasteiger partial charge in [-0.05, 0) is 54.5 Å². The van der Waals surface area contributed by atoms with Gasteiger partial charge in [-0.1, -0.05) is 13.0 Å². The maximum absolute atomic E-state index is 13.2. The molecule has 0 radical (unpaired) electrons. The highest BCUT2D eigenvalue weighted by atomic mass is 32.2. The number of carbonyl (C=O) groups excluding carboxylic acids is 1. The van der Waals surface area contributed by atoms with Crippen LogP contribution in [-0.2, 0) is 32.5 Å². The molecule has 9 heteroatoms. The predicted molar refractivity (Wildman–Crippen MR) is 131 cm³/mol. The monoisotopic (exact) mass is 479 g/mol. The molecule has 1 aliphatic heterocycles. The fourth-order valence-electron chi connectivity index (χ4n) is 3.88. The van der Waals surface area contributed by atoms with Crippen LogP contribution in [0.15, 0.2) is 35.7 Å². The normalized spacial score (nSPS) is 16.2. The molecule has 1 aliphatic rings. The van der Waals surface area contributed by atoms with E-state index in [1.54, 1.807) is 17.4 Å². The molecular formula is C23H33N3O4S2. The van der Waals surface area contributed by atoms with Crippen LogP contribution in [0.5, 0.6) is 0 Å². The van der Waals surface area contributed by atoms with Crippen molar-refractivity contribution < 1.29 is 17.9 Å². The van der Waals surface area contributed by atoms with Gasteiger partial charge in [0.2, 0.25) is 15.9 Å². The Morgan fingerprint density at radius 1 is 1.28 bits per heavy atom. The predicted octanol–water partition coefficient (Wildman–Crippen LogP) is 3.72. The van der Waals surface area contributed by atoms with Crippen LogP contribution in [0.2, 0.25) is 0 Å². The summed E-state index contributed by atoms with van der Waals surface area (Å²) < 4.78 is 33.0. The van der Waals surface area contributed by atoms with Crippen molar-refractivity contribution in [3.8, 4) is 0 Å². The molecule has 1 aromatic heterocycles. The number of ether oxygens (including phenoxy) is 1. The lowest BCUT2D eigenvalue weighted by Gasteiger charge is -2.28. The van der Waals surface area contributed by atoms with Crippen LogP contribution in [0.1, 0.15) is 36.6 Å². The molecule has 0 saturated carbocycles. The summed E-state index contributed by atoms with van der Waals surface area (Å²) in [7, 11) is 0.489. The van der Waals surface area contributed by atoms with Crippen LogP contribution >= 0.6 is 11.3 Å². The standard InChI is InChI=1S/C23H33N3O4S2/c1-4-13-32(28,29)24-19-9-10-22(25(2)3)18(14-19)16-26(17-20-7-5-11-30-20)23(27)15-21-8-6-12-31-21/h6,8-10,12,14,20,24H,4-5,7,11,13,15-17H2,1-3H3. The molecule has 1 unspecified atom stereocenters. The Hall–Kier alpha value is -2.10. The second-order valence-corrected chi connectivity index (χ2v) is 11.2. The van der Waals surface area contributed by atoms with Crippen LogP contribution in [0.4, 0.5) is 11.4 Å². The lowest BCUT2D eigenvalue weighted by Crippen LogP contribution is -2.38. The number of rotatable bonds is 11. The molecule has 1 saturated heterocycles. The smallest absolute Gasteiger partial charge is 0.232 e. The molecular weight excluding hydrogens is 446 g/mol. The minimum absolute atomic E-state index is 0.0383. The van der Waals surface area contributed by atoms with Gasteiger partial charge in [0.1, 0.15) is 0 Å². The summed E-state index contributed by atoms with van der Waals surface area (Å²) in [6.45, 7) is 3.49. The lowest BCUT2D eigenvalue weighted by atomic mass is 10.1. The van der Waals surface area contributed by atoms with Crippen LogP contribution in [-0.4, -0.2) is 58.3 Å². The number of benzene rings is 1. The summed E-state index contributed by atoms with van der Waals surface area (Å²) in [5.41, 5.74) is 2.36. The topological polar surface area (TPSA) is 79.0 Å². The van der Waals surface area contributed by atoms with E-state index in [1.165, 1.54) is 0 Å². The van der Waals surface area contributed by atoms with Crippen LogP contribution < -0.4 is 9.62 Å². The van der Waals surface area contributed by atoms with Crippen molar-refractivity contribution in [2.24, 2.45) is 0 Å². The Morgan fingerprint density at radius 3 is 2.72 bits per heavy atom.